The van der Waals surface area contributed by atoms with E-state index in [1.54, 1.807) is 18.2 Å². The second kappa shape index (κ2) is 5.04. The molecular formula is C10H10BrNO3. The largest absolute Gasteiger partial charge is 0.466 e. The Labute approximate surface area is 95.7 Å². The zero-order valence-corrected chi connectivity index (χ0v) is 9.69. The maximum Gasteiger partial charge on any atom is 0.336 e. The molecule has 1 N–H and O–H groups in total. The first-order valence-electron chi connectivity index (χ1n) is 4.14. The molecule has 1 aromatic heterocycles. The first-order valence-corrected chi connectivity index (χ1v) is 4.93. The maximum atomic E-state index is 11.1. The molecule has 1 unspecified atom stereocenters. The number of nitrogens with zero attached hydrogens (tertiary/aromatic N) is 1. The van der Waals surface area contributed by atoms with Crippen molar-refractivity contribution < 1.29 is 14.6 Å². The van der Waals surface area contributed by atoms with E-state index in [0.717, 1.165) is 0 Å². The lowest BCUT2D eigenvalue weighted by Gasteiger charge is -2.11. The second-order valence-corrected chi connectivity index (χ2v) is 3.62. The van der Waals surface area contributed by atoms with E-state index >= 15 is 0 Å². The van der Waals surface area contributed by atoms with Crippen LogP contribution in [0.5, 0.6) is 0 Å². The predicted molar refractivity (Wildman–Crippen MR) is 58.1 cm³/mol. The summed E-state index contributed by atoms with van der Waals surface area (Å²) in [6, 6.07) is 5.03. The molecule has 1 heterocycles. The molecule has 1 atom stereocenters. The highest BCUT2D eigenvalue weighted by atomic mass is 79.9. The van der Waals surface area contributed by atoms with Gasteiger partial charge in [-0.05, 0) is 28.1 Å². The molecule has 80 valence electrons. The number of hydrogen-bond acceptors (Lipinski definition) is 4. The Bertz CT molecular complexity index is 392. The number of aliphatic hydroxyl groups is 1. The van der Waals surface area contributed by atoms with E-state index in [1.165, 1.54) is 7.11 Å². The molecule has 0 aromatic carbocycles. The SMILES string of the molecule is C=C(C(=O)OC)C(O)c1cccc(Br)n1. The third kappa shape index (κ3) is 2.87. The smallest absolute Gasteiger partial charge is 0.336 e. The van der Waals surface area contributed by atoms with Gasteiger partial charge in [0.05, 0.1) is 18.4 Å². The summed E-state index contributed by atoms with van der Waals surface area (Å²) in [7, 11) is 1.23. The summed E-state index contributed by atoms with van der Waals surface area (Å²) in [5, 5.41) is 9.73. The number of hydrogen-bond donors (Lipinski definition) is 1. The van der Waals surface area contributed by atoms with Crippen LogP contribution in [0.1, 0.15) is 11.8 Å². The minimum Gasteiger partial charge on any atom is -0.466 e. The van der Waals surface area contributed by atoms with E-state index in [0.29, 0.717) is 10.3 Å². The lowest BCUT2D eigenvalue weighted by Crippen LogP contribution is -2.13. The maximum absolute atomic E-state index is 11.1. The van der Waals surface area contributed by atoms with E-state index in [4.69, 9.17) is 0 Å². The van der Waals surface area contributed by atoms with Gasteiger partial charge in [-0.25, -0.2) is 9.78 Å². The van der Waals surface area contributed by atoms with Gasteiger partial charge >= 0.3 is 5.97 Å². The number of pyridine rings is 1. The average Bonchev–Trinajstić information content (AvgIpc) is 2.26. The topological polar surface area (TPSA) is 59.4 Å². The fourth-order valence-electron chi connectivity index (χ4n) is 0.997. The summed E-state index contributed by atoms with van der Waals surface area (Å²) in [5.41, 5.74) is 0.308. The van der Waals surface area contributed by atoms with Crippen molar-refractivity contribution in [2.75, 3.05) is 7.11 Å². The van der Waals surface area contributed by atoms with Crippen LogP contribution < -0.4 is 0 Å². The number of methoxy groups -OCH3 is 1. The Balaban J connectivity index is 2.89. The van der Waals surface area contributed by atoms with Crippen molar-refractivity contribution in [3.63, 3.8) is 0 Å². The fraction of sp³-hybridized carbons (Fsp3) is 0.200. The molecule has 0 bridgehead atoms. The molecule has 1 aromatic rings. The van der Waals surface area contributed by atoms with Crippen LogP contribution in [0.3, 0.4) is 0 Å². The van der Waals surface area contributed by atoms with E-state index in [9.17, 15) is 9.90 Å². The molecular weight excluding hydrogens is 262 g/mol. The van der Waals surface area contributed by atoms with E-state index < -0.39 is 12.1 Å². The van der Waals surface area contributed by atoms with Crippen molar-refractivity contribution in [1.82, 2.24) is 4.98 Å². The van der Waals surface area contributed by atoms with Crippen LogP contribution in [0.15, 0.2) is 35.0 Å². The van der Waals surface area contributed by atoms with Crippen LogP contribution in [0, 0.1) is 0 Å². The van der Waals surface area contributed by atoms with Gasteiger partial charge in [0.15, 0.2) is 0 Å². The van der Waals surface area contributed by atoms with Gasteiger partial charge in [0.1, 0.15) is 10.7 Å². The molecule has 0 spiro atoms. The predicted octanol–water partition coefficient (Wildman–Crippen LogP) is 1.61. The molecule has 0 saturated heterocycles. The molecule has 0 aliphatic rings. The summed E-state index contributed by atoms with van der Waals surface area (Å²) in [4.78, 5) is 15.1. The molecule has 0 radical (unpaired) electrons. The van der Waals surface area contributed by atoms with Gasteiger partial charge < -0.3 is 9.84 Å². The van der Waals surface area contributed by atoms with Crippen LogP contribution in [-0.2, 0) is 9.53 Å². The Morgan fingerprint density at radius 3 is 2.87 bits per heavy atom. The number of halogens is 1. The lowest BCUT2D eigenvalue weighted by molar-refractivity contribution is -0.137. The normalized spacial score (nSPS) is 11.9. The highest BCUT2D eigenvalue weighted by Gasteiger charge is 2.19. The molecule has 15 heavy (non-hydrogen) atoms. The highest BCUT2D eigenvalue weighted by Crippen LogP contribution is 2.20. The summed E-state index contributed by atoms with van der Waals surface area (Å²) < 4.78 is 5.03. The van der Waals surface area contributed by atoms with E-state index in [1.807, 2.05) is 0 Å². The summed E-state index contributed by atoms with van der Waals surface area (Å²) in [6.45, 7) is 3.45. The zero-order valence-electron chi connectivity index (χ0n) is 8.11. The van der Waals surface area contributed by atoms with Gasteiger partial charge in [0.25, 0.3) is 0 Å². The number of aliphatic hydroxyl groups excluding tert-OH is 1. The number of rotatable bonds is 3. The Hall–Kier alpha value is -1.20. The Kier molecular flexibility index (Phi) is 3.99. The molecule has 0 aliphatic carbocycles. The molecule has 1 rings (SSSR count). The van der Waals surface area contributed by atoms with Crippen LogP contribution in [0.4, 0.5) is 0 Å². The minimum atomic E-state index is -1.14. The van der Waals surface area contributed by atoms with Crippen LogP contribution in [0.25, 0.3) is 0 Å². The Morgan fingerprint density at radius 2 is 2.33 bits per heavy atom. The first kappa shape index (κ1) is 11.9. The van der Waals surface area contributed by atoms with Crippen LogP contribution >= 0.6 is 15.9 Å². The van der Waals surface area contributed by atoms with Crippen molar-refractivity contribution in [2.24, 2.45) is 0 Å². The van der Waals surface area contributed by atoms with Crippen molar-refractivity contribution in [3.05, 3.63) is 40.6 Å². The van der Waals surface area contributed by atoms with Gasteiger partial charge in [-0.3, -0.25) is 0 Å². The van der Waals surface area contributed by atoms with Gasteiger partial charge in [-0.15, -0.1) is 0 Å². The summed E-state index contributed by atoms with van der Waals surface area (Å²) in [5.74, 6) is -0.649. The summed E-state index contributed by atoms with van der Waals surface area (Å²) in [6.07, 6.45) is -1.14. The standard InChI is InChI=1S/C10H10BrNO3/c1-6(10(14)15-2)9(13)7-4-3-5-8(11)12-7/h3-5,9,13H,1H2,2H3. The molecule has 5 heteroatoms. The monoisotopic (exact) mass is 271 g/mol. The number of aromatic nitrogens is 1. The zero-order chi connectivity index (χ0) is 11.4. The second-order valence-electron chi connectivity index (χ2n) is 2.80. The lowest BCUT2D eigenvalue weighted by atomic mass is 10.1. The fourth-order valence-corrected chi connectivity index (χ4v) is 1.35. The number of carbonyl (C=O) groups is 1. The summed E-state index contributed by atoms with van der Waals surface area (Å²) >= 11 is 3.17. The number of carbonyl (C=O) groups excluding carboxylic acids is 1. The third-order valence-electron chi connectivity index (χ3n) is 1.79. The van der Waals surface area contributed by atoms with E-state index in [-0.39, 0.29) is 5.57 Å². The van der Waals surface area contributed by atoms with Gasteiger partial charge in [0.2, 0.25) is 0 Å². The van der Waals surface area contributed by atoms with Crippen molar-refractivity contribution in [2.45, 2.75) is 6.10 Å². The van der Waals surface area contributed by atoms with Crippen molar-refractivity contribution >= 4 is 21.9 Å². The van der Waals surface area contributed by atoms with E-state index in [2.05, 4.69) is 32.2 Å². The van der Waals surface area contributed by atoms with Gasteiger partial charge in [0, 0.05) is 0 Å². The van der Waals surface area contributed by atoms with Crippen LogP contribution in [-0.4, -0.2) is 23.2 Å². The number of esters is 1. The van der Waals surface area contributed by atoms with Gasteiger partial charge in [-0.2, -0.15) is 0 Å². The van der Waals surface area contributed by atoms with Gasteiger partial charge in [-0.1, -0.05) is 12.6 Å². The molecule has 0 amide bonds. The first-order chi connectivity index (χ1) is 7.06. The molecule has 4 nitrogen and oxygen atoms in total. The third-order valence-corrected chi connectivity index (χ3v) is 2.24. The Morgan fingerprint density at radius 1 is 1.67 bits per heavy atom. The molecule has 0 aliphatic heterocycles. The number of ether oxygens (including phenoxy) is 1. The van der Waals surface area contributed by atoms with Crippen LogP contribution in [0.2, 0.25) is 0 Å². The average molecular weight is 272 g/mol. The molecule has 0 saturated carbocycles. The van der Waals surface area contributed by atoms with Crippen molar-refractivity contribution in [3.8, 4) is 0 Å². The van der Waals surface area contributed by atoms with Crippen molar-refractivity contribution in [1.29, 1.82) is 0 Å². The minimum absolute atomic E-state index is 0.0388. The highest BCUT2D eigenvalue weighted by molar-refractivity contribution is 9.10. The quantitative estimate of drug-likeness (QED) is 0.516. The molecule has 0 fully saturated rings.